The number of nitroso groups, excluding NO2 is 1. The molecule has 0 radical (unpaired) electrons. The van der Waals surface area contributed by atoms with Crippen molar-refractivity contribution < 1.29 is 9.53 Å². The number of amides is 1. The summed E-state index contributed by atoms with van der Waals surface area (Å²) in [5.41, 5.74) is -0.609. The fourth-order valence-corrected chi connectivity index (χ4v) is 1.60. The fourth-order valence-electron chi connectivity index (χ4n) is 1.60. The predicted octanol–water partition coefficient (Wildman–Crippen LogP) is 1.66. The summed E-state index contributed by atoms with van der Waals surface area (Å²) >= 11 is 0. The zero-order chi connectivity index (χ0) is 12.2. The summed E-state index contributed by atoms with van der Waals surface area (Å²) < 4.78 is 5.11. The summed E-state index contributed by atoms with van der Waals surface area (Å²) in [4.78, 5) is 22.4. The van der Waals surface area contributed by atoms with Gasteiger partial charge in [0.15, 0.2) is 0 Å². The van der Waals surface area contributed by atoms with Crippen LogP contribution < -0.4 is 5.32 Å². The van der Waals surface area contributed by atoms with Gasteiger partial charge in [-0.1, -0.05) is 0 Å². The summed E-state index contributed by atoms with van der Waals surface area (Å²) in [7, 11) is 0. The van der Waals surface area contributed by atoms with Crippen molar-refractivity contribution in [2.75, 3.05) is 13.1 Å². The normalized spacial score (nSPS) is 21.3. The summed E-state index contributed by atoms with van der Waals surface area (Å²) in [5.74, 6) is 0. The monoisotopic (exact) mass is 229 g/mol. The summed E-state index contributed by atoms with van der Waals surface area (Å²) in [6.07, 6.45) is 1.04. The van der Waals surface area contributed by atoms with Gasteiger partial charge in [-0.05, 0) is 40.2 Å². The Labute approximate surface area is 95.3 Å². The van der Waals surface area contributed by atoms with Crippen LogP contribution in [0.3, 0.4) is 0 Å². The molecule has 1 N–H and O–H groups in total. The molecule has 1 aliphatic rings. The van der Waals surface area contributed by atoms with E-state index in [1.807, 2.05) is 0 Å². The van der Waals surface area contributed by atoms with Gasteiger partial charge >= 0.3 is 6.09 Å². The topological polar surface area (TPSA) is 71.0 Å². The van der Waals surface area contributed by atoms with Crippen molar-refractivity contribution in [3.05, 3.63) is 4.91 Å². The molecule has 1 fully saturated rings. The maximum Gasteiger partial charge on any atom is 0.433 e. The van der Waals surface area contributed by atoms with E-state index in [-0.39, 0.29) is 6.04 Å². The quantitative estimate of drug-likeness (QED) is 0.577. The van der Waals surface area contributed by atoms with Gasteiger partial charge in [-0.3, -0.25) is 0 Å². The van der Waals surface area contributed by atoms with Crippen molar-refractivity contribution in [3.63, 3.8) is 0 Å². The van der Waals surface area contributed by atoms with E-state index in [0.717, 1.165) is 24.4 Å². The number of carbonyl (C=O) groups excluding carboxylic acids is 1. The Balaban J connectivity index is 2.58. The third-order valence-corrected chi connectivity index (χ3v) is 2.29. The average Bonchev–Trinajstić information content (AvgIpc) is 2.17. The zero-order valence-corrected chi connectivity index (χ0v) is 10.0. The molecule has 0 aromatic carbocycles. The van der Waals surface area contributed by atoms with E-state index in [2.05, 4.69) is 10.6 Å². The predicted molar refractivity (Wildman–Crippen MR) is 59.8 cm³/mol. The molecule has 0 bridgehead atoms. The highest BCUT2D eigenvalue weighted by Gasteiger charge is 2.30. The van der Waals surface area contributed by atoms with Crippen LogP contribution in [0.4, 0.5) is 4.79 Å². The first-order valence-electron chi connectivity index (χ1n) is 5.50. The highest BCUT2D eigenvalue weighted by molar-refractivity contribution is 5.68. The van der Waals surface area contributed by atoms with Crippen LogP contribution >= 0.6 is 0 Å². The van der Waals surface area contributed by atoms with Crippen molar-refractivity contribution >= 4 is 6.09 Å². The largest absolute Gasteiger partial charge is 0.442 e. The zero-order valence-electron chi connectivity index (χ0n) is 10.0. The van der Waals surface area contributed by atoms with Crippen molar-refractivity contribution in [2.45, 2.75) is 45.3 Å². The number of nitrogens with one attached hydrogen (secondary N) is 1. The van der Waals surface area contributed by atoms with E-state index < -0.39 is 11.7 Å². The second-order valence-corrected chi connectivity index (χ2v) is 4.91. The number of hydrogen-bond donors (Lipinski definition) is 1. The Morgan fingerprint density at radius 3 is 2.62 bits per heavy atom. The summed E-state index contributed by atoms with van der Waals surface area (Å²) in [6.45, 7) is 6.77. The molecule has 1 atom stereocenters. The molecule has 1 aliphatic heterocycles. The molecule has 1 rings (SSSR count). The van der Waals surface area contributed by atoms with Gasteiger partial charge in [0.1, 0.15) is 5.60 Å². The Morgan fingerprint density at radius 1 is 1.50 bits per heavy atom. The van der Waals surface area contributed by atoms with Crippen molar-refractivity contribution in [3.8, 4) is 0 Å². The van der Waals surface area contributed by atoms with E-state index in [1.165, 1.54) is 0 Å². The van der Waals surface area contributed by atoms with E-state index in [9.17, 15) is 9.70 Å². The molecule has 6 heteroatoms. The molecule has 1 amide bonds. The van der Waals surface area contributed by atoms with Crippen molar-refractivity contribution in [1.29, 1.82) is 0 Å². The van der Waals surface area contributed by atoms with Gasteiger partial charge in [0.25, 0.3) is 0 Å². The van der Waals surface area contributed by atoms with Crippen LogP contribution in [-0.2, 0) is 4.74 Å². The van der Waals surface area contributed by atoms with Gasteiger partial charge in [0, 0.05) is 6.54 Å². The van der Waals surface area contributed by atoms with E-state index >= 15 is 0 Å². The highest BCUT2D eigenvalue weighted by Crippen LogP contribution is 2.16. The minimum absolute atomic E-state index is 0.193. The first-order valence-corrected chi connectivity index (χ1v) is 5.50. The summed E-state index contributed by atoms with van der Waals surface area (Å²) in [5, 5.41) is 6.78. The van der Waals surface area contributed by atoms with E-state index in [4.69, 9.17) is 4.74 Å². The minimum atomic E-state index is -0.670. The smallest absolute Gasteiger partial charge is 0.433 e. The average molecular weight is 229 g/mol. The van der Waals surface area contributed by atoms with Gasteiger partial charge in [-0.15, -0.1) is 4.91 Å². The third-order valence-electron chi connectivity index (χ3n) is 2.29. The summed E-state index contributed by atoms with van der Waals surface area (Å²) in [6, 6.07) is -0.193. The molecule has 6 nitrogen and oxygen atoms in total. The number of rotatable bonds is 2. The molecule has 0 aromatic heterocycles. The lowest BCUT2D eigenvalue weighted by atomic mass is 10.1. The van der Waals surface area contributed by atoms with Crippen LogP contribution in [0.25, 0.3) is 0 Å². The van der Waals surface area contributed by atoms with Crippen LogP contribution in [0.5, 0.6) is 0 Å². The molecule has 0 aliphatic carbocycles. The standard InChI is InChI=1S/C10H19N3O3/c1-10(2,3)16-9(14)13(12-15)8-5-4-6-11-7-8/h8,11H,4-7H2,1-3H3/t8-/m1/s1. The fraction of sp³-hybridized carbons (Fsp3) is 0.900. The van der Waals surface area contributed by atoms with Gasteiger partial charge in [0.05, 0.1) is 11.3 Å². The maximum atomic E-state index is 11.7. The molecule has 92 valence electrons. The number of carbonyl (C=O) groups is 1. The number of ether oxygens (including phenoxy) is 1. The third kappa shape index (κ3) is 3.77. The first kappa shape index (κ1) is 12.9. The molecule has 1 heterocycles. The second-order valence-electron chi connectivity index (χ2n) is 4.91. The number of nitrogens with zero attached hydrogens (tertiary/aromatic N) is 2. The number of piperidine rings is 1. The van der Waals surface area contributed by atoms with E-state index in [0.29, 0.717) is 6.54 Å². The Bertz CT molecular complexity index is 257. The van der Waals surface area contributed by atoms with Crippen LogP contribution in [0.15, 0.2) is 5.29 Å². The van der Waals surface area contributed by atoms with Gasteiger partial charge in [0.2, 0.25) is 0 Å². The van der Waals surface area contributed by atoms with Crippen LogP contribution in [0, 0.1) is 4.91 Å². The lowest BCUT2D eigenvalue weighted by molar-refractivity contribution is 0.0136. The molecule has 0 aromatic rings. The Hall–Kier alpha value is -1.17. The maximum absolute atomic E-state index is 11.7. The lowest BCUT2D eigenvalue weighted by Crippen LogP contribution is -2.47. The molecular formula is C10H19N3O3. The van der Waals surface area contributed by atoms with Crippen LogP contribution in [0.1, 0.15) is 33.6 Å². The molecule has 0 unspecified atom stereocenters. The van der Waals surface area contributed by atoms with Crippen LogP contribution in [0.2, 0.25) is 0 Å². The molecule has 0 spiro atoms. The lowest BCUT2D eigenvalue weighted by Gasteiger charge is -2.30. The van der Waals surface area contributed by atoms with Crippen LogP contribution in [-0.4, -0.2) is 35.8 Å². The molecule has 16 heavy (non-hydrogen) atoms. The van der Waals surface area contributed by atoms with Crippen molar-refractivity contribution in [1.82, 2.24) is 10.3 Å². The SMILES string of the molecule is CC(C)(C)OC(=O)N(N=O)[C@@H]1CCCNC1. The second kappa shape index (κ2) is 5.25. The minimum Gasteiger partial charge on any atom is -0.442 e. The molecule has 0 saturated carbocycles. The van der Waals surface area contributed by atoms with Gasteiger partial charge in [-0.2, -0.15) is 5.01 Å². The van der Waals surface area contributed by atoms with Crippen molar-refractivity contribution in [2.24, 2.45) is 5.29 Å². The van der Waals surface area contributed by atoms with Gasteiger partial charge in [-0.25, -0.2) is 4.79 Å². The Kier molecular flexibility index (Phi) is 4.23. The molecule has 1 saturated heterocycles. The number of hydrogen-bond acceptors (Lipinski definition) is 5. The Morgan fingerprint density at radius 2 is 2.19 bits per heavy atom. The highest BCUT2D eigenvalue weighted by atomic mass is 16.6. The van der Waals surface area contributed by atoms with E-state index in [1.54, 1.807) is 20.8 Å². The van der Waals surface area contributed by atoms with Gasteiger partial charge < -0.3 is 10.1 Å². The molecular weight excluding hydrogens is 210 g/mol. The first-order chi connectivity index (χ1) is 7.44.